The Labute approximate surface area is 179 Å². The highest BCUT2D eigenvalue weighted by Gasteiger charge is 2.62. The van der Waals surface area contributed by atoms with E-state index in [2.05, 4.69) is 5.32 Å². The summed E-state index contributed by atoms with van der Waals surface area (Å²) in [5.74, 6) is -2.47. The van der Waals surface area contributed by atoms with E-state index < -0.39 is 23.3 Å². The van der Waals surface area contributed by atoms with Gasteiger partial charge in [-0.1, -0.05) is 48.6 Å². The van der Waals surface area contributed by atoms with Crippen LogP contribution >= 0.6 is 0 Å². The van der Waals surface area contributed by atoms with Gasteiger partial charge >= 0.3 is 5.97 Å². The van der Waals surface area contributed by atoms with Crippen molar-refractivity contribution in [2.75, 3.05) is 0 Å². The average Bonchev–Trinajstić information content (AvgIpc) is 3.46. The maximum Gasteiger partial charge on any atom is 0.330 e. The van der Waals surface area contributed by atoms with E-state index in [1.54, 1.807) is 35.0 Å². The number of carbonyl (C=O) groups is 3. The second-order valence-corrected chi connectivity index (χ2v) is 8.35. The van der Waals surface area contributed by atoms with E-state index in [9.17, 15) is 19.5 Å². The molecule has 31 heavy (non-hydrogen) atoms. The quantitative estimate of drug-likeness (QED) is 0.635. The summed E-state index contributed by atoms with van der Waals surface area (Å²) >= 11 is 0. The second-order valence-electron chi connectivity index (χ2n) is 8.35. The predicted octanol–water partition coefficient (Wildman–Crippen LogP) is 3.84. The number of rotatable bonds is 4. The zero-order valence-corrected chi connectivity index (χ0v) is 17.0. The SMILES string of the molecule is CC(=O)n1cc([C@@H]2[C@H]3C=C[C@H](C3)[C@@]2(NC(=O)c2ccccc2)C(=O)O)c2ccccc21. The standard InChI is InChI=1S/C25H22N2O4/c1-15(28)27-14-20(19-9-5-6-10-21(19)27)22-17-11-12-18(13-17)25(22,24(30)31)26-23(29)16-7-3-2-4-8-16/h2-12,14,17-18,22H,13H2,1H3,(H,26,29)(H,30,31)/t17-,18+,22-,25-/m0/s1. The number of carbonyl (C=O) groups excluding carboxylic acids is 2. The summed E-state index contributed by atoms with van der Waals surface area (Å²) in [7, 11) is 0. The summed E-state index contributed by atoms with van der Waals surface area (Å²) in [6, 6.07) is 16.2. The minimum absolute atomic E-state index is 0.0385. The summed E-state index contributed by atoms with van der Waals surface area (Å²) in [6.45, 7) is 1.48. The Hall–Kier alpha value is -3.67. The lowest BCUT2D eigenvalue weighted by Crippen LogP contribution is -2.60. The van der Waals surface area contributed by atoms with E-state index in [1.807, 2.05) is 42.5 Å². The van der Waals surface area contributed by atoms with Crippen molar-refractivity contribution < 1.29 is 19.5 Å². The van der Waals surface area contributed by atoms with E-state index in [0.717, 1.165) is 16.5 Å². The van der Waals surface area contributed by atoms with Crippen LogP contribution in [-0.4, -0.2) is 33.0 Å². The van der Waals surface area contributed by atoms with Crippen molar-refractivity contribution in [1.29, 1.82) is 0 Å². The molecule has 2 aromatic carbocycles. The second kappa shape index (κ2) is 6.94. The Bertz CT molecular complexity index is 1240. The first-order valence-electron chi connectivity index (χ1n) is 10.3. The van der Waals surface area contributed by atoms with E-state index in [4.69, 9.17) is 0 Å². The number of benzene rings is 2. The summed E-state index contributed by atoms with van der Waals surface area (Å²) in [6.07, 6.45) is 6.35. The van der Waals surface area contributed by atoms with Gasteiger partial charge in [-0.3, -0.25) is 14.2 Å². The minimum atomic E-state index is -1.49. The molecule has 1 heterocycles. The van der Waals surface area contributed by atoms with Crippen LogP contribution in [-0.2, 0) is 4.79 Å². The molecule has 2 bridgehead atoms. The number of hydrogen-bond acceptors (Lipinski definition) is 3. The van der Waals surface area contributed by atoms with Crippen LogP contribution in [0.5, 0.6) is 0 Å². The Morgan fingerprint density at radius 2 is 1.74 bits per heavy atom. The zero-order chi connectivity index (χ0) is 21.8. The zero-order valence-electron chi connectivity index (χ0n) is 17.0. The number of allylic oxidation sites excluding steroid dienone is 1. The fraction of sp³-hybridized carbons (Fsp3) is 0.240. The summed E-state index contributed by atoms with van der Waals surface area (Å²) in [5, 5.41) is 14.2. The largest absolute Gasteiger partial charge is 0.479 e. The van der Waals surface area contributed by atoms with E-state index in [-0.39, 0.29) is 17.7 Å². The van der Waals surface area contributed by atoms with Gasteiger partial charge in [0.2, 0.25) is 5.91 Å². The number of aliphatic carboxylic acids is 1. The molecule has 0 radical (unpaired) electrons. The molecule has 0 unspecified atom stereocenters. The van der Waals surface area contributed by atoms with Gasteiger partial charge in [-0.25, -0.2) is 4.79 Å². The first kappa shape index (κ1) is 19.3. The molecule has 2 N–H and O–H groups in total. The van der Waals surface area contributed by atoms with Crippen LogP contribution in [0.15, 0.2) is 72.9 Å². The van der Waals surface area contributed by atoms with E-state index >= 15 is 0 Å². The molecular formula is C25H22N2O4. The number of carboxylic acid groups (broad SMARTS) is 1. The Balaban J connectivity index is 1.68. The fourth-order valence-electron chi connectivity index (χ4n) is 5.44. The highest BCUT2D eigenvalue weighted by Crippen LogP contribution is 2.57. The summed E-state index contributed by atoms with van der Waals surface area (Å²) in [4.78, 5) is 38.2. The Morgan fingerprint density at radius 3 is 2.45 bits per heavy atom. The van der Waals surface area contributed by atoms with Gasteiger partial charge in [-0.2, -0.15) is 0 Å². The molecule has 2 aliphatic rings. The lowest BCUT2D eigenvalue weighted by Gasteiger charge is -2.39. The lowest BCUT2D eigenvalue weighted by molar-refractivity contribution is -0.146. The fourth-order valence-corrected chi connectivity index (χ4v) is 5.44. The molecule has 6 heteroatoms. The number of para-hydroxylation sites is 1. The highest BCUT2D eigenvalue weighted by atomic mass is 16.4. The molecule has 0 spiro atoms. The highest BCUT2D eigenvalue weighted by molar-refractivity contribution is 6.00. The average molecular weight is 414 g/mol. The van der Waals surface area contributed by atoms with E-state index in [0.29, 0.717) is 12.0 Å². The molecule has 2 aliphatic carbocycles. The summed E-state index contributed by atoms with van der Waals surface area (Å²) < 4.78 is 1.56. The normalized spacial score (nSPS) is 26.3. The van der Waals surface area contributed by atoms with Gasteiger partial charge < -0.3 is 10.4 Å². The van der Waals surface area contributed by atoms with E-state index in [1.165, 1.54) is 6.92 Å². The number of nitrogens with one attached hydrogen (secondary N) is 1. The molecule has 0 aliphatic heterocycles. The maximum absolute atomic E-state index is 13.1. The molecule has 3 aromatic rings. The van der Waals surface area contributed by atoms with Gasteiger partial charge in [-0.05, 0) is 36.1 Å². The third-order valence-electron chi connectivity index (χ3n) is 6.75. The number of fused-ring (bicyclic) bond motifs is 3. The van der Waals surface area contributed by atoms with Crippen LogP contribution < -0.4 is 5.32 Å². The number of hydrogen-bond donors (Lipinski definition) is 2. The molecule has 0 saturated heterocycles. The van der Waals surface area contributed by atoms with Crippen molar-refractivity contribution in [2.45, 2.75) is 24.8 Å². The molecule has 5 rings (SSSR count). The molecular weight excluding hydrogens is 392 g/mol. The monoisotopic (exact) mass is 414 g/mol. The molecule has 6 nitrogen and oxygen atoms in total. The van der Waals surface area contributed by atoms with Gasteiger partial charge in [-0.15, -0.1) is 0 Å². The Morgan fingerprint density at radius 1 is 1.03 bits per heavy atom. The van der Waals surface area contributed by atoms with Gasteiger partial charge in [0.05, 0.1) is 5.52 Å². The number of amides is 1. The third kappa shape index (κ3) is 2.75. The molecule has 156 valence electrons. The third-order valence-corrected chi connectivity index (χ3v) is 6.75. The lowest BCUT2D eigenvalue weighted by atomic mass is 9.72. The first-order chi connectivity index (χ1) is 14.9. The number of nitrogens with zero attached hydrogens (tertiary/aromatic N) is 1. The number of aromatic nitrogens is 1. The van der Waals surface area contributed by atoms with Gasteiger partial charge in [0.1, 0.15) is 0 Å². The summed E-state index contributed by atoms with van der Waals surface area (Å²) in [5.41, 5.74) is 0.446. The maximum atomic E-state index is 13.1. The van der Waals surface area contributed by atoms with Crippen molar-refractivity contribution in [3.05, 3.63) is 84.1 Å². The molecule has 4 atom stereocenters. The van der Waals surface area contributed by atoms with Crippen LogP contribution in [0, 0.1) is 11.8 Å². The van der Waals surface area contributed by atoms with Crippen molar-refractivity contribution in [3.8, 4) is 0 Å². The van der Waals surface area contributed by atoms with Crippen molar-refractivity contribution in [1.82, 2.24) is 9.88 Å². The van der Waals surface area contributed by atoms with Crippen molar-refractivity contribution in [3.63, 3.8) is 0 Å². The van der Waals surface area contributed by atoms with Crippen LogP contribution in [0.4, 0.5) is 0 Å². The van der Waals surface area contributed by atoms with Gasteiger partial charge in [0.15, 0.2) is 5.54 Å². The van der Waals surface area contributed by atoms with Crippen molar-refractivity contribution in [2.24, 2.45) is 11.8 Å². The number of carboxylic acids is 1. The molecule has 1 fully saturated rings. The van der Waals surface area contributed by atoms with Crippen molar-refractivity contribution >= 4 is 28.7 Å². The van der Waals surface area contributed by atoms with Gasteiger partial charge in [0.25, 0.3) is 5.91 Å². The first-order valence-corrected chi connectivity index (χ1v) is 10.3. The van der Waals surface area contributed by atoms with Crippen LogP contribution in [0.2, 0.25) is 0 Å². The molecule has 1 amide bonds. The van der Waals surface area contributed by atoms with Gasteiger partial charge in [0, 0.05) is 35.9 Å². The van der Waals surface area contributed by atoms with Crippen LogP contribution in [0.25, 0.3) is 10.9 Å². The topological polar surface area (TPSA) is 88.4 Å². The smallest absolute Gasteiger partial charge is 0.330 e. The van der Waals surface area contributed by atoms with Crippen LogP contribution in [0.3, 0.4) is 0 Å². The minimum Gasteiger partial charge on any atom is -0.479 e. The van der Waals surface area contributed by atoms with Crippen LogP contribution in [0.1, 0.15) is 40.0 Å². The molecule has 1 saturated carbocycles. The predicted molar refractivity (Wildman–Crippen MR) is 116 cm³/mol. The Kier molecular flexibility index (Phi) is 4.32. The molecule has 1 aromatic heterocycles.